The molecule has 0 aliphatic rings. The van der Waals surface area contributed by atoms with Crippen LogP contribution in [0, 0.1) is 0 Å². The monoisotopic (exact) mass is 348 g/mol. The molecule has 2 aromatic rings. The van der Waals surface area contributed by atoms with Crippen LogP contribution in [0.5, 0.6) is 5.75 Å². The lowest BCUT2D eigenvalue weighted by molar-refractivity contribution is 0.0749. The number of nitrogens with zero attached hydrogens (tertiary/aromatic N) is 2. The van der Waals surface area contributed by atoms with Crippen molar-refractivity contribution in [3.63, 3.8) is 0 Å². The lowest BCUT2D eigenvalue weighted by Crippen LogP contribution is -2.30. The first-order chi connectivity index (χ1) is 10.2. The summed E-state index contributed by atoms with van der Waals surface area (Å²) in [5, 5.41) is 0. The molecular weight excluding hydrogens is 332 g/mol. The molecule has 0 saturated heterocycles. The zero-order valence-corrected chi connectivity index (χ0v) is 13.6. The summed E-state index contributed by atoms with van der Waals surface area (Å²) in [7, 11) is 1.57. The Morgan fingerprint density at radius 2 is 2.00 bits per heavy atom. The molecule has 0 fully saturated rings. The van der Waals surface area contributed by atoms with Gasteiger partial charge in [0.2, 0.25) is 0 Å². The van der Waals surface area contributed by atoms with Crippen molar-refractivity contribution in [2.45, 2.75) is 13.5 Å². The van der Waals surface area contributed by atoms with Crippen molar-refractivity contribution in [1.29, 1.82) is 0 Å². The number of hydrogen-bond donors (Lipinski definition) is 0. The molecular formula is C16H17BrN2O2. The maximum Gasteiger partial charge on any atom is 0.257 e. The Balaban J connectivity index is 2.24. The molecule has 21 heavy (non-hydrogen) atoms. The van der Waals surface area contributed by atoms with Crippen molar-refractivity contribution in [3.05, 3.63) is 58.3 Å². The van der Waals surface area contributed by atoms with Crippen molar-refractivity contribution < 1.29 is 9.53 Å². The van der Waals surface area contributed by atoms with Gasteiger partial charge in [-0.1, -0.05) is 15.9 Å². The Labute approximate surface area is 132 Å². The minimum absolute atomic E-state index is 0.0429. The molecule has 0 aliphatic carbocycles. The smallest absolute Gasteiger partial charge is 0.257 e. The zero-order chi connectivity index (χ0) is 15.2. The molecule has 0 atom stereocenters. The lowest BCUT2D eigenvalue weighted by atomic mass is 10.1. The fourth-order valence-corrected chi connectivity index (χ4v) is 2.39. The van der Waals surface area contributed by atoms with Crippen LogP contribution in [0.3, 0.4) is 0 Å². The SMILES string of the molecule is CCN(Cc1ccncc1)C(=O)c1ccc(Br)cc1OC. The van der Waals surface area contributed by atoms with Gasteiger partial charge >= 0.3 is 0 Å². The predicted molar refractivity (Wildman–Crippen MR) is 85.3 cm³/mol. The molecule has 0 N–H and O–H groups in total. The highest BCUT2D eigenvalue weighted by atomic mass is 79.9. The van der Waals surface area contributed by atoms with E-state index >= 15 is 0 Å². The van der Waals surface area contributed by atoms with E-state index in [1.54, 1.807) is 36.5 Å². The minimum atomic E-state index is -0.0429. The Kier molecular flexibility index (Phi) is 5.33. The van der Waals surface area contributed by atoms with E-state index in [-0.39, 0.29) is 5.91 Å². The number of carbonyl (C=O) groups excluding carboxylic acids is 1. The standard InChI is InChI=1S/C16H17BrN2O2/c1-3-19(11-12-6-8-18-9-7-12)16(20)14-5-4-13(17)10-15(14)21-2/h4-10H,3,11H2,1-2H3. The molecule has 0 bridgehead atoms. The number of carbonyl (C=O) groups is 1. The largest absolute Gasteiger partial charge is 0.496 e. The Morgan fingerprint density at radius 1 is 1.29 bits per heavy atom. The molecule has 0 spiro atoms. The summed E-state index contributed by atoms with van der Waals surface area (Å²) in [6.45, 7) is 3.14. The van der Waals surface area contributed by atoms with Crippen molar-refractivity contribution in [3.8, 4) is 5.75 Å². The van der Waals surface area contributed by atoms with E-state index in [0.29, 0.717) is 24.4 Å². The third kappa shape index (κ3) is 3.82. The molecule has 1 heterocycles. The highest BCUT2D eigenvalue weighted by Crippen LogP contribution is 2.25. The molecule has 0 aliphatic heterocycles. The summed E-state index contributed by atoms with van der Waals surface area (Å²) in [4.78, 5) is 18.5. The Morgan fingerprint density at radius 3 is 2.62 bits per heavy atom. The van der Waals surface area contributed by atoms with E-state index in [2.05, 4.69) is 20.9 Å². The first-order valence-corrected chi connectivity index (χ1v) is 7.46. The average molecular weight is 349 g/mol. The van der Waals surface area contributed by atoms with Gasteiger partial charge in [0.1, 0.15) is 5.75 Å². The van der Waals surface area contributed by atoms with Crippen molar-refractivity contribution in [2.75, 3.05) is 13.7 Å². The predicted octanol–water partition coefficient (Wildman–Crippen LogP) is 3.52. The molecule has 4 nitrogen and oxygen atoms in total. The Bertz CT molecular complexity index is 617. The molecule has 0 saturated carbocycles. The van der Waals surface area contributed by atoms with Crippen LogP contribution in [-0.2, 0) is 6.54 Å². The fraction of sp³-hybridized carbons (Fsp3) is 0.250. The maximum absolute atomic E-state index is 12.7. The van der Waals surface area contributed by atoms with Gasteiger partial charge in [-0.2, -0.15) is 0 Å². The second-order valence-corrected chi connectivity index (χ2v) is 5.44. The number of methoxy groups -OCH3 is 1. The second kappa shape index (κ2) is 7.22. The normalized spacial score (nSPS) is 10.2. The van der Waals surface area contributed by atoms with E-state index in [0.717, 1.165) is 10.0 Å². The van der Waals surface area contributed by atoms with Crippen LogP contribution in [-0.4, -0.2) is 29.4 Å². The average Bonchev–Trinajstić information content (AvgIpc) is 2.52. The molecule has 2 rings (SSSR count). The quantitative estimate of drug-likeness (QED) is 0.830. The number of rotatable bonds is 5. The number of aromatic nitrogens is 1. The highest BCUT2D eigenvalue weighted by molar-refractivity contribution is 9.10. The number of amides is 1. The number of ether oxygens (including phenoxy) is 1. The lowest BCUT2D eigenvalue weighted by Gasteiger charge is -2.22. The van der Waals surface area contributed by atoms with Crippen LogP contribution >= 0.6 is 15.9 Å². The van der Waals surface area contributed by atoms with Gasteiger partial charge in [0, 0.05) is 30.0 Å². The third-order valence-electron chi connectivity index (χ3n) is 3.19. The van der Waals surface area contributed by atoms with Gasteiger partial charge < -0.3 is 9.64 Å². The zero-order valence-electron chi connectivity index (χ0n) is 12.0. The highest BCUT2D eigenvalue weighted by Gasteiger charge is 2.18. The van der Waals surface area contributed by atoms with Gasteiger partial charge in [0.25, 0.3) is 5.91 Å². The molecule has 1 aromatic heterocycles. The Hall–Kier alpha value is -1.88. The van der Waals surface area contributed by atoms with E-state index in [9.17, 15) is 4.79 Å². The van der Waals surface area contributed by atoms with Crippen LogP contribution in [0.2, 0.25) is 0 Å². The fourth-order valence-electron chi connectivity index (χ4n) is 2.05. The van der Waals surface area contributed by atoms with Gasteiger partial charge in [-0.25, -0.2) is 0 Å². The molecule has 110 valence electrons. The topological polar surface area (TPSA) is 42.4 Å². The van der Waals surface area contributed by atoms with E-state index in [1.165, 1.54) is 0 Å². The van der Waals surface area contributed by atoms with Crippen LogP contribution in [0.4, 0.5) is 0 Å². The van der Waals surface area contributed by atoms with E-state index in [4.69, 9.17) is 4.74 Å². The van der Waals surface area contributed by atoms with Gasteiger partial charge in [0.15, 0.2) is 0 Å². The van der Waals surface area contributed by atoms with Gasteiger partial charge in [-0.3, -0.25) is 9.78 Å². The number of hydrogen-bond acceptors (Lipinski definition) is 3. The van der Waals surface area contributed by atoms with Crippen LogP contribution < -0.4 is 4.74 Å². The summed E-state index contributed by atoms with van der Waals surface area (Å²) in [6.07, 6.45) is 3.46. The maximum atomic E-state index is 12.7. The van der Waals surface area contributed by atoms with Crippen molar-refractivity contribution in [2.24, 2.45) is 0 Å². The first-order valence-electron chi connectivity index (χ1n) is 6.67. The number of pyridine rings is 1. The molecule has 5 heteroatoms. The van der Waals surface area contributed by atoms with Crippen LogP contribution in [0.15, 0.2) is 47.2 Å². The first kappa shape index (κ1) is 15.5. The van der Waals surface area contributed by atoms with E-state index in [1.807, 2.05) is 25.1 Å². The third-order valence-corrected chi connectivity index (χ3v) is 3.68. The van der Waals surface area contributed by atoms with Crippen LogP contribution in [0.25, 0.3) is 0 Å². The van der Waals surface area contributed by atoms with Gasteiger partial charge in [-0.05, 0) is 42.8 Å². The summed E-state index contributed by atoms with van der Waals surface area (Å²) in [5.74, 6) is 0.529. The van der Waals surface area contributed by atoms with Crippen molar-refractivity contribution >= 4 is 21.8 Å². The molecule has 0 unspecified atom stereocenters. The summed E-state index contributed by atoms with van der Waals surface area (Å²) in [6, 6.07) is 9.24. The number of benzene rings is 1. The summed E-state index contributed by atoms with van der Waals surface area (Å²) >= 11 is 3.38. The second-order valence-electron chi connectivity index (χ2n) is 4.52. The van der Waals surface area contributed by atoms with Crippen LogP contribution in [0.1, 0.15) is 22.8 Å². The number of halogens is 1. The summed E-state index contributed by atoms with van der Waals surface area (Å²) < 4.78 is 6.19. The molecule has 0 radical (unpaired) electrons. The van der Waals surface area contributed by atoms with Crippen molar-refractivity contribution in [1.82, 2.24) is 9.88 Å². The molecule has 1 aromatic carbocycles. The van der Waals surface area contributed by atoms with Gasteiger partial charge in [0.05, 0.1) is 12.7 Å². The van der Waals surface area contributed by atoms with E-state index < -0.39 is 0 Å². The molecule has 1 amide bonds. The minimum Gasteiger partial charge on any atom is -0.496 e. The summed E-state index contributed by atoms with van der Waals surface area (Å²) in [5.41, 5.74) is 1.62. The van der Waals surface area contributed by atoms with Gasteiger partial charge in [-0.15, -0.1) is 0 Å².